The maximum absolute atomic E-state index is 8.91. The predicted molar refractivity (Wildman–Crippen MR) is 86.1 cm³/mol. The first kappa shape index (κ1) is 17.3. The van der Waals surface area contributed by atoms with Gasteiger partial charge < -0.3 is 10.5 Å². The van der Waals surface area contributed by atoms with Crippen LogP contribution >= 0.6 is 28.3 Å². The molecule has 0 atom stereocenters. The van der Waals surface area contributed by atoms with Crippen molar-refractivity contribution in [2.75, 3.05) is 0 Å². The Morgan fingerprint density at radius 1 is 1.25 bits per heavy atom. The minimum atomic E-state index is -0.0517. The first-order valence-electron chi connectivity index (χ1n) is 6.33. The third-order valence-electron chi connectivity index (χ3n) is 4.27. The zero-order chi connectivity index (χ0) is 14.4. The van der Waals surface area contributed by atoms with Crippen LogP contribution in [0.25, 0.3) is 0 Å². The van der Waals surface area contributed by atoms with Gasteiger partial charge >= 0.3 is 0 Å². The second-order valence-corrected chi connectivity index (χ2v) is 7.23. The molecule has 0 aliphatic heterocycles. The zero-order valence-electron chi connectivity index (χ0n) is 12.1. The summed E-state index contributed by atoms with van der Waals surface area (Å²) in [5, 5.41) is 8.91. The average molecular weight is 360 g/mol. The highest BCUT2D eigenvalue weighted by molar-refractivity contribution is 9.10. The number of hydrogen-bond acceptors (Lipinski definition) is 3. The van der Waals surface area contributed by atoms with Gasteiger partial charge in [0.1, 0.15) is 17.9 Å². The molecule has 2 N–H and O–H groups in total. The number of nitrogens with two attached hydrogens (primary N) is 1. The maximum atomic E-state index is 8.91. The lowest BCUT2D eigenvalue weighted by Gasteiger charge is -2.61. The fourth-order valence-electron chi connectivity index (χ4n) is 3.25. The monoisotopic (exact) mass is 358 g/mol. The van der Waals surface area contributed by atoms with Gasteiger partial charge in [0.25, 0.3) is 0 Å². The quantitative estimate of drug-likeness (QED) is 0.871. The van der Waals surface area contributed by atoms with Gasteiger partial charge in [0, 0.05) is 21.3 Å². The average Bonchev–Trinajstić information content (AvgIpc) is 2.34. The molecule has 1 fully saturated rings. The van der Waals surface area contributed by atoms with Crippen LogP contribution in [0, 0.1) is 22.2 Å². The van der Waals surface area contributed by atoms with Gasteiger partial charge in [-0.2, -0.15) is 5.26 Å². The molecule has 0 unspecified atom stereocenters. The van der Waals surface area contributed by atoms with Crippen LogP contribution in [0.2, 0.25) is 0 Å². The maximum Gasteiger partial charge on any atom is 0.120 e. The smallest absolute Gasteiger partial charge is 0.120 e. The highest BCUT2D eigenvalue weighted by Gasteiger charge is 2.61. The van der Waals surface area contributed by atoms with E-state index in [-0.39, 0.29) is 35.4 Å². The summed E-state index contributed by atoms with van der Waals surface area (Å²) in [6, 6.07) is 7.67. The normalized spacial score (nSPS) is 25.9. The molecule has 3 nitrogen and oxygen atoms in total. The van der Waals surface area contributed by atoms with Crippen LogP contribution in [-0.4, -0.2) is 12.1 Å². The second-order valence-electron chi connectivity index (χ2n) is 6.37. The van der Waals surface area contributed by atoms with Crippen molar-refractivity contribution in [2.24, 2.45) is 16.6 Å². The Balaban J connectivity index is 0.00000200. The lowest BCUT2D eigenvalue weighted by atomic mass is 9.50. The predicted octanol–water partition coefficient (Wildman–Crippen LogP) is 3.88. The molecular weight excluding hydrogens is 340 g/mol. The fraction of sp³-hybridized carbons (Fsp3) is 0.533. The van der Waals surface area contributed by atoms with E-state index in [1.54, 1.807) is 6.07 Å². The van der Waals surface area contributed by atoms with E-state index >= 15 is 0 Å². The summed E-state index contributed by atoms with van der Waals surface area (Å²) in [5.74, 6) is 0.768. The van der Waals surface area contributed by atoms with Crippen LogP contribution in [0.3, 0.4) is 0 Å². The molecule has 0 saturated heterocycles. The summed E-state index contributed by atoms with van der Waals surface area (Å²) in [5.41, 5.74) is 6.73. The van der Waals surface area contributed by atoms with Gasteiger partial charge in [0.2, 0.25) is 0 Å². The lowest BCUT2D eigenvalue weighted by molar-refractivity contribution is -0.155. The summed E-state index contributed by atoms with van der Waals surface area (Å²) in [4.78, 5) is 0. The second kappa shape index (κ2) is 5.55. The Kier molecular flexibility index (Phi) is 4.80. The van der Waals surface area contributed by atoms with Crippen molar-refractivity contribution in [1.29, 1.82) is 5.26 Å². The van der Waals surface area contributed by atoms with Crippen molar-refractivity contribution in [1.82, 2.24) is 0 Å². The molecule has 1 saturated carbocycles. The molecule has 0 spiro atoms. The molecule has 0 amide bonds. The molecule has 5 heteroatoms. The molecular formula is C15H20BrClN2O. The largest absolute Gasteiger partial charge is 0.489 e. The number of ether oxygens (including phenoxy) is 1. The van der Waals surface area contributed by atoms with E-state index in [1.165, 1.54) is 0 Å². The van der Waals surface area contributed by atoms with Crippen molar-refractivity contribution in [2.45, 2.75) is 39.8 Å². The minimum Gasteiger partial charge on any atom is -0.489 e. The Morgan fingerprint density at radius 2 is 1.80 bits per heavy atom. The van der Waals surface area contributed by atoms with Crippen molar-refractivity contribution in [3.63, 3.8) is 0 Å². The molecule has 0 aromatic heterocycles. The number of nitriles is 1. The summed E-state index contributed by atoms with van der Waals surface area (Å²) >= 11 is 3.38. The van der Waals surface area contributed by atoms with Gasteiger partial charge in [-0.15, -0.1) is 12.4 Å². The Labute approximate surface area is 135 Å². The third kappa shape index (κ3) is 2.55. The van der Waals surface area contributed by atoms with Gasteiger partial charge in [-0.1, -0.05) is 27.7 Å². The molecule has 0 heterocycles. The van der Waals surface area contributed by atoms with Gasteiger partial charge in [-0.25, -0.2) is 0 Å². The molecule has 20 heavy (non-hydrogen) atoms. The van der Waals surface area contributed by atoms with Gasteiger partial charge in [0.05, 0.1) is 5.56 Å². The number of benzene rings is 1. The van der Waals surface area contributed by atoms with Crippen LogP contribution in [-0.2, 0) is 0 Å². The highest BCUT2D eigenvalue weighted by atomic mass is 79.9. The molecule has 1 aromatic rings. The van der Waals surface area contributed by atoms with Crippen LogP contribution in [0.4, 0.5) is 0 Å². The topological polar surface area (TPSA) is 59.0 Å². The van der Waals surface area contributed by atoms with Crippen LogP contribution in [0.5, 0.6) is 5.75 Å². The van der Waals surface area contributed by atoms with E-state index in [4.69, 9.17) is 15.7 Å². The van der Waals surface area contributed by atoms with Crippen molar-refractivity contribution >= 4 is 28.3 Å². The summed E-state index contributed by atoms with van der Waals surface area (Å²) < 4.78 is 6.87. The molecule has 1 aromatic carbocycles. The zero-order valence-corrected chi connectivity index (χ0v) is 14.5. The Hall–Kier alpha value is -0.760. The molecule has 1 aliphatic carbocycles. The Bertz CT molecular complexity index is 535. The highest BCUT2D eigenvalue weighted by Crippen LogP contribution is 2.54. The van der Waals surface area contributed by atoms with Gasteiger partial charge in [-0.3, -0.25) is 0 Å². The molecule has 110 valence electrons. The van der Waals surface area contributed by atoms with Crippen molar-refractivity contribution in [3.8, 4) is 11.8 Å². The van der Waals surface area contributed by atoms with Crippen LogP contribution < -0.4 is 10.5 Å². The van der Waals surface area contributed by atoms with Crippen molar-refractivity contribution < 1.29 is 4.74 Å². The first-order valence-corrected chi connectivity index (χ1v) is 7.12. The van der Waals surface area contributed by atoms with Crippen LogP contribution in [0.15, 0.2) is 22.7 Å². The van der Waals surface area contributed by atoms with E-state index in [0.717, 1.165) is 10.2 Å². The summed E-state index contributed by atoms with van der Waals surface area (Å²) in [7, 11) is 0. The first-order chi connectivity index (χ1) is 8.71. The van der Waals surface area contributed by atoms with E-state index in [0.29, 0.717) is 5.56 Å². The van der Waals surface area contributed by atoms with Gasteiger partial charge in [-0.05, 0) is 34.1 Å². The van der Waals surface area contributed by atoms with E-state index < -0.39 is 0 Å². The standard InChI is InChI=1S/C15H19BrN2O.ClH/c1-14(2)12(18)15(3,4)13(14)19-10-6-5-9(8-17)11(16)7-10;/h5-7,12-13H,18H2,1-4H3;1H/t12-,13-;. The number of nitrogens with zero attached hydrogens (tertiary/aromatic N) is 1. The molecule has 0 radical (unpaired) electrons. The fourth-order valence-corrected chi connectivity index (χ4v) is 3.69. The lowest BCUT2D eigenvalue weighted by Crippen LogP contribution is -2.72. The van der Waals surface area contributed by atoms with E-state index in [2.05, 4.69) is 49.7 Å². The number of halogens is 2. The van der Waals surface area contributed by atoms with Gasteiger partial charge in [0.15, 0.2) is 0 Å². The van der Waals surface area contributed by atoms with E-state index in [1.807, 2.05) is 12.1 Å². The third-order valence-corrected chi connectivity index (χ3v) is 4.93. The number of rotatable bonds is 2. The summed E-state index contributed by atoms with van der Waals surface area (Å²) in [6.07, 6.45) is 0.0647. The Morgan fingerprint density at radius 3 is 2.25 bits per heavy atom. The molecule has 0 bridgehead atoms. The summed E-state index contributed by atoms with van der Waals surface area (Å²) in [6.45, 7) is 8.52. The van der Waals surface area contributed by atoms with E-state index in [9.17, 15) is 0 Å². The SMILES string of the molecule is CC1(C)[C@H](N)C(C)(C)[C@H]1Oc1ccc(C#N)c(Br)c1.Cl. The molecule has 2 rings (SSSR count). The van der Waals surface area contributed by atoms with Crippen LogP contribution in [0.1, 0.15) is 33.3 Å². The van der Waals surface area contributed by atoms with Crippen molar-refractivity contribution in [3.05, 3.63) is 28.2 Å². The number of hydrogen-bond donors (Lipinski definition) is 1. The minimum absolute atomic E-state index is 0. The molecule has 1 aliphatic rings.